The summed E-state index contributed by atoms with van der Waals surface area (Å²) in [6.45, 7) is 1.44. The van der Waals surface area contributed by atoms with Crippen LogP contribution in [0.3, 0.4) is 0 Å². The average Bonchev–Trinajstić information content (AvgIpc) is 2.68. The van der Waals surface area contributed by atoms with Crippen LogP contribution in [0, 0.1) is 21.4 Å². The van der Waals surface area contributed by atoms with Crippen LogP contribution in [-0.4, -0.2) is 43.7 Å². The van der Waals surface area contributed by atoms with Crippen LogP contribution in [0.2, 0.25) is 0 Å². The number of rotatable bonds is 5. The fourth-order valence-electron chi connectivity index (χ4n) is 3.16. The molecule has 3 rings (SSSR count). The van der Waals surface area contributed by atoms with E-state index < -0.39 is 14.8 Å². The first kappa shape index (κ1) is 19.6. The SMILES string of the molecule is CS(=O)(=O)c1cc([N+](=O)[O-])ccc1NC1CCN(c2ccc(C#N)cn2)CC1. The smallest absolute Gasteiger partial charge is 0.270 e. The maximum atomic E-state index is 12.1. The first-order chi connectivity index (χ1) is 13.3. The maximum Gasteiger partial charge on any atom is 0.270 e. The second-order valence-corrected chi connectivity index (χ2v) is 8.62. The molecule has 0 atom stereocenters. The molecule has 0 unspecified atom stereocenters. The summed E-state index contributed by atoms with van der Waals surface area (Å²) in [5.41, 5.74) is 0.627. The molecule has 0 radical (unpaired) electrons. The summed E-state index contributed by atoms with van der Waals surface area (Å²) in [5, 5.41) is 23.0. The highest BCUT2D eigenvalue weighted by atomic mass is 32.2. The predicted molar refractivity (Wildman–Crippen MR) is 104 cm³/mol. The van der Waals surface area contributed by atoms with Gasteiger partial charge in [0.05, 0.1) is 21.1 Å². The molecule has 0 spiro atoms. The molecule has 9 nitrogen and oxygen atoms in total. The molecule has 1 aromatic heterocycles. The third-order valence-electron chi connectivity index (χ3n) is 4.63. The van der Waals surface area contributed by atoms with Crippen molar-refractivity contribution in [2.45, 2.75) is 23.8 Å². The first-order valence-electron chi connectivity index (χ1n) is 8.64. The molecule has 1 aliphatic rings. The Morgan fingerprint density at radius 2 is 2.00 bits per heavy atom. The normalized spacial score (nSPS) is 15.1. The van der Waals surface area contributed by atoms with E-state index in [9.17, 15) is 18.5 Å². The number of aromatic nitrogens is 1. The standard InChI is InChI=1S/C18H19N5O4S/c1-28(26,27)17-10-15(23(24)25)3-4-16(17)21-14-6-8-22(9-7-14)18-5-2-13(11-19)12-20-18/h2-5,10,12,14,21H,6-9H2,1H3. The molecular formula is C18H19N5O4S. The quantitative estimate of drug-likeness (QED) is 0.597. The zero-order valence-corrected chi connectivity index (χ0v) is 16.0. The highest BCUT2D eigenvalue weighted by Crippen LogP contribution is 2.29. The molecule has 0 bridgehead atoms. The van der Waals surface area contributed by atoms with Gasteiger partial charge in [0.25, 0.3) is 5.69 Å². The Morgan fingerprint density at radius 3 is 2.54 bits per heavy atom. The van der Waals surface area contributed by atoms with Crippen LogP contribution in [0.25, 0.3) is 0 Å². The molecule has 1 saturated heterocycles. The molecule has 2 aromatic rings. The number of piperidine rings is 1. The zero-order valence-electron chi connectivity index (χ0n) is 15.2. The van der Waals surface area contributed by atoms with Gasteiger partial charge in [-0.3, -0.25) is 10.1 Å². The van der Waals surface area contributed by atoms with Crippen LogP contribution >= 0.6 is 0 Å². The molecule has 10 heteroatoms. The zero-order chi connectivity index (χ0) is 20.3. The highest BCUT2D eigenvalue weighted by Gasteiger charge is 2.24. The minimum absolute atomic E-state index is 0.0385. The average molecular weight is 401 g/mol. The predicted octanol–water partition coefficient (Wildman–Crippen LogP) is 2.35. The lowest BCUT2D eigenvalue weighted by molar-refractivity contribution is -0.385. The van der Waals surface area contributed by atoms with Crippen molar-refractivity contribution >= 4 is 27.0 Å². The maximum absolute atomic E-state index is 12.1. The molecule has 1 aliphatic heterocycles. The van der Waals surface area contributed by atoms with Gasteiger partial charge in [-0.25, -0.2) is 13.4 Å². The summed E-state index contributed by atoms with van der Waals surface area (Å²) in [4.78, 5) is 16.7. The van der Waals surface area contributed by atoms with Crippen molar-refractivity contribution in [1.82, 2.24) is 4.98 Å². The van der Waals surface area contributed by atoms with Gasteiger partial charge in [-0.1, -0.05) is 0 Å². The second kappa shape index (κ2) is 7.82. The first-order valence-corrected chi connectivity index (χ1v) is 10.5. The van der Waals surface area contributed by atoms with Gasteiger partial charge in [-0.2, -0.15) is 5.26 Å². The van der Waals surface area contributed by atoms with Crippen LogP contribution in [0.5, 0.6) is 0 Å². The van der Waals surface area contributed by atoms with Gasteiger partial charge in [0.1, 0.15) is 11.9 Å². The topological polar surface area (TPSA) is 129 Å². The number of nitro benzene ring substituents is 1. The van der Waals surface area contributed by atoms with Crippen LogP contribution in [0.1, 0.15) is 18.4 Å². The van der Waals surface area contributed by atoms with Gasteiger partial charge in [0.2, 0.25) is 0 Å². The molecule has 1 N–H and O–H groups in total. The molecule has 1 aromatic carbocycles. The van der Waals surface area contributed by atoms with Gasteiger partial charge in [0.15, 0.2) is 9.84 Å². The number of hydrogen-bond donors (Lipinski definition) is 1. The number of pyridine rings is 1. The van der Waals surface area contributed by atoms with Crippen molar-refractivity contribution in [2.24, 2.45) is 0 Å². The van der Waals surface area contributed by atoms with E-state index in [1.165, 1.54) is 18.3 Å². The van der Waals surface area contributed by atoms with Gasteiger partial charge in [-0.05, 0) is 31.0 Å². The fourth-order valence-corrected chi connectivity index (χ4v) is 4.02. The number of nitro groups is 1. The third kappa shape index (κ3) is 4.37. The number of hydrogen-bond acceptors (Lipinski definition) is 8. The Hall–Kier alpha value is -3.19. The lowest BCUT2D eigenvalue weighted by Crippen LogP contribution is -2.39. The molecular weight excluding hydrogens is 382 g/mol. The van der Waals surface area contributed by atoms with E-state index in [0.717, 1.165) is 44.1 Å². The number of anilines is 2. The van der Waals surface area contributed by atoms with Gasteiger partial charge in [0, 0.05) is 43.7 Å². The Kier molecular flexibility index (Phi) is 5.46. The number of benzene rings is 1. The monoisotopic (exact) mass is 401 g/mol. The minimum atomic E-state index is -3.61. The molecule has 146 valence electrons. The molecule has 28 heavy (non-hydrogen) atoms. The van der Waals surface area contributed by atoms with Crippen LogP contribution in [0.15, 0.2) is 41.4 Å². The Morgan fingerprint density at radius 1 is 1.29 bits per heavy atom. The van der Waals surface area contributed by atoms with Gasteiger partial charge < -0.3 is 10.2 Å². The summed E-state index contributed by atoms with van der Waals surface area (Å²) in [5.74, 6) is 0.796. The number of nitriles is 1. The second-order valence-electron chi connectivity index (χ2n) is 6.63. The fraction of sp³-hybridized carbons (Fsp3) is 0.333. The van der Waals surface area contributed by atoms with E-state index in [-0.39, 0.29) is 16.6 Å². The molecule has 0 saturated carbocycles. The number of non-ortho nitro benzene ring substituents is 1. The summed E-state index contributed by atoms with van der Waals surface area (Å²) in [6, 6.07) is 9.45. The highest BCUT2D eigenvalue weighted by molar-refractivity contribution is 7.90. The van der Waals surface area contributed by atoms with E-state index in [2.05, 4.69) is 15.2 Å². The van der Waals surface area contributed by atoms with E-state index in [1.807, 2.05) is 12.1 Å². The van der Waals surface area contributed by atoms with E-state index in [0.29, 0.717) is 11.3 Å². The Labute approximate surface area is 162 Å². The molecule has 1 fully saturated rings. The van der Waals surface area contributed by atoms with Crippen molar-refractivity contribution in [2.75, 3.05) is 29.6 Å². The van der Waals surface area contributed by atoms with Gasteiger partial charge in [-0.15, -0.1) is 0 Å². The Bertz CT molecular complexity index is 1020. The Balaban J connectivity index is 1.70. The van der Waals surface area contributed by atoms with E-state index in [1.54, 1.807) is 6.07 Å². The number of nitrogens with zero attached hydrogens (tertiary/aromatic N) is 4. The lowest BCUT2D eigenvalue weighted by Gasteiger charge is -2.33. The molecule has 2 heterocycles. The summed E-state index contributed by atoms with van der Waals surface area (Å²) >= 11 is 0. The summed E-state index contributed by atoms with van der Waals surface area (Å²) < 4.78 is 24.1. The largest absolute Gasteiger partial charge is 0.381 e. The van der Waals surface area contributed by atoms with Crippen molar-refractivity contribution in [3.8, 4) is 6.07 Å². The molecule has 0 amide bonds. The number of sulfone groups is 1. The summed E-state index contributed by atoms with van der Waals surface area (Å²) in [7, 11) is -3.61. The van der Waals surface area contributed by atoms with Crippen LogP contribution < -0.4 is 10.2 Å². The lowest BCUT2D eigenvalue weighted by atomic mass is 10.0. The molecule has 0 aliphatic carbocycles. The van der Waals surface area contributed by atoms with Gasteiger partial charge >= 0.3 is 0 Å². The summed E-state index contributed by atoms with van der Waals surface area (Å²) in [6.07, 6.45) is 4.08. The number of nitrogens with one attached hydrogen (secondary N) is 1. The van der Waals surface area contributed by atoms with Crippen molar-refractivity contribution in [3.05, 3.63) is 52.2 Å². The van der Waals surface area contributed by atoms with E-state index >= 15 is 0 Å². The minimum Gasteiger partial charge on any atom is -0.381 e. The van der Waals surface area contributed by atoms with Crippen molar-refractivity contribution in [1.29, 1.82) is 5.26 Å². The van der Waals surface area contributed by atoms with E-state index in [4.69, 9.17) is 5.26 Å². The van der Waals surface area contributed by atoms with Crippen LogP contribution in [0.4, 0.5) is 17.2 Å². The van der Waals surface area contributed by atoms with Crippen molar-refractivity contribution < 1.29 is 13.3 Å². The van der Waals surface area contributed by atoms with Crippen molar-refractivity contribution in [3.63, 3.8) is 0 Å². The van der Waals surface area contributed by atoms with Crippen LogP contribution in [-0.2, 0) is 9.84 Å². The third-order valence-corrected chi connectivity index (χ3v) is 5.77.